The number of nitrogens with one attached hydrogen (secondary N) is 1. The minimum absolute atomic E-state index is 0.0132. The summed E-state index contributed by atoms with van der Waals surface area (Å²) in [6.07, 6.45) is 5.96. The van der Waals surface area contributed by atoms with E-state index in [9.17, 15) is 5.11 Å². The smallest absolute Gasteiger partial charge is 0.0803 e. The molecular formula is C32H46N2O2. The molecule has 0 heterocycles. The number of nitrogens with zero attached hydrogens (tertiary/aromatic N) is 1. The van der Waals surface area contributed by atoms with Gasteiger partial charge >= 0.3 is 0 Å². The van der Waals surface area contributed by atoms with Gasteiger partial charge < -0.3 is 15.2 Å². The lowest BCUT2D eigenvalue weighted by Gasteiger charge is -2.23. The molecule has 0 saturated heterocycles. The number of allylic oxidation sites excluding steroid dienone is 1. The van der Waals surface area contributed by atoms with Crippen LogP contribution in [0, 0.1) is 12.8 Å². The molecule has 3 unspecified atom stereocenters. The summed E-state index contributed by atoms with van der Waals surface area (Å²) in [6, 6.07) is 15.0. The van der Waals surface area contributed by atoms with Crippen molar-refractivity contribution in [2.75, 3.05) is 19.8 Å². The summed E-state index contributed by atoms with van der Waals surface area (Å²) < 4.78 is 6.27. The quantitative estimate of drug-likeness (QED) is 0.202. The van der Waals surface area contributed by atoms with E-state index in [0.29, 0.717) is 12.5 Å². The molecule has 0 aliphatic carbocycles. The molecule has 2 rings (SSSR count). The Morgan fingerprint density at radius 3 is 2.56 bits per heavy atom. The molecule has 0 bridgehead atoms. The van der Waals surface area contributed by atoms with Crippen LogP contribution in [0.25, 0.3) is 5.70 Å². The van der Waals surface area contributed by atoms with Crippen LogP contribution in [0.1, 0.15) is 87.3 Å². The van der Waals surface area contributed by atoms with Crippen LogP contribution >= 0.6 is 0 Å². The molecule has 0 amide bonds. The van der Waals surface area contributed by atoms with Crippen LogP contribution in [0.4, 0.5) is 0 Å². The number of aliphatic imine (C=N–C) groups is 1. The van der Waals surface area contributed by atoms with Gasteiger partial charge in [-0.05, 0) is 61.4 Å². The molecule has 2 aromatic rings. The van der Waals surface area contributed by atoms with E-state index in [1.165, 1.54) is 11.1 Å². The Kier molecular flexibility index (Phi) is 12.7. The molecule has 2 aromatic carbocycles. The highest BCUT2D eigenvalue weighted by Gasteiger charge is 2.18. The van der Waals surface area contributed by atoms with E-state index in [2.05, 4.69) is 100 Å². The van der Waals surface area contributed by atoms with Gasteiger partial charge in [-0.25, -0.2) is 0 Å². The van der Waals surface area contributed by atoms with Gasteiger partial charge in [-0.15, -0.1) is 0 Å². The number of hydrogen-bond donors (Lipinski definition) is 2. The molecule has 0 aromatic heterocycles. The molecular weight excluding hydrogens is 444 g/mol. The number of hydrogen-bond acceptors (Lipinski definition) is 4. The zero-order valence-corrected chi connectivity index (χ0v) is 23.2. The van der Waals surface area contributed by atoms with Crippen molar-refractivity contribution < 1.29 is 9.84 Å². The second kappa shape index (κ2) is 15.4. The van der Waals surface area contributed by atoms with Crippen LogP contribution in [0.3, 0.4) is 0 Å². The first-order valence-electron chi connectivity index (χ1n) is 13.4. The van der Waals surface area contributed by atoms with Gasteiger partial charge in [0, 0.05) is 43.1 Å². The maximum absolute atomic E-state index is 9.78. The zero-order valence-electron chi connectivity index (χ0n) is 23.2. The predicted molar refractivity (Wildman–Crippen MR) is 155 cm³/mol. The maximum Gasteiger partial charge on any atom is 0.0803 e. The third-order valence-electron chi connectivity index (χ3n) is 6.66. The summed E-state index contributed by atoms with van der Waals surface area (Å²) in [7, 11) is 0. The average molecular weight is 491 g/mol. The lowest BCUT2D eigenvalue weighted by atomic mass is 9.91. The molecule has 0 saturated carbocycles. The predicted octanol–water partition coefficient (Wildman–Crippen LogP) is 7.38. The van der Waals surface area contributed by atoms with Crippen LogP contribution in [0.2, 0.25) is 0 Å². The van der Waals surface area contributed by atoms with Crippen molar-refractivity contribution in [3.05, 3.63) is 88.5 Å². The molecule has 2 N–H and O–H groups in total. The van der Waals surface area contributed by atoms with Crippen molar-refractivity contribution in [3.63, 3.8) is 0 Å². The first-order chi connectivity index (χ1) is 17.3. The Morgan fingerprint density at radius 2 is 1.92 bits per heavy atom. The van der Waals surface area contributed by atoms with Crippen LogP contribution in [0.15, 0.2) is 65.7 Å². The maximum atomic E-state index is 9.78. The summed E-state index contributed by atoms with van der Waals surface area (Å²) in [5, 5.41) is 13.3. The molecule has 0 aliphatic rings. The lowest BCUT2D eigenvalue weighted by Crippen LogP contribution is -2.16. The van der Waals surface area contributed by atoms with Crippen molar-refractivity contribution in [3.8, 4) is 0 Å². The first-order valence-corrected chi connectivity index (χ1v) is 13.4. The Hall–Kier alpha value is -2.69. The summed E-state index contributed by atoms with van der Waals surface area (Å²) in [6.45, 7) is 19.4. The molecule has 0 radical (unpaired) electrons. The Morgan fingerprint density at radius 1 is 1.14 bits per heavy atom. The number of aryl methyl sites for hydroxylation is 1. The van der Waals surface area contributed by atoms with E-state index in [-0.39, 0.29) is 18.6 Å². The molecule has 4 nitrogen and oxygen atoms in total. The van der Waals surface area contributed by atoms with Gasteiger partial charge in [-0.1, -0.05) is 81.8 Å². The standard InChI is InChI=1S/C32H46N2O2/c1-8-23(4)22-36-26(7)31-15-14-29(30(20-33-10-3)17-27(9-2)21-35)18-32(31)25(6)34-19-28-13-11-12-24(5)16-28/h11-18,20,23,26,30,34-35H,6,8-10,19,21-22H2,1-5,7H3/b27-17+,33-20-. The van der Waals surface area contributed by atoms with Gasteiger partial charge in [0.1, 0.15) is 0 Å². The summed E-state index contributed by atoms with van der Waals surface area (Å²) >= 11 is 0. The average Bonchev–Trinajstić information content (AvgIpc) is 2.90. The number of aliphatic hydroxyl groups is 1. The van der Waals surface area contributed by atoms with Crippen molar-refractivity contribution in [2.45, 2.75) is 73.0 Å². The topological polar surface area (TPSA) is 53.9 Å². The van der Waals surface area contributed by atoms with E-state index in [1.807, 2.05) is 13.1 Å². The van der Waals surface area contributed by atoms with Crippen molar-refractivity contribution in [1.29, 1.82) is 0 Å². The van der Waals surface area contributed by atoms with Crippen LogP contribution in [-0.2, 0) is 11.3 Å². The Bertz CT molecular complexity index is 1020. The monoisotopic (exact) mass is 490 g/mol. The molecule has 0 spiro atoms. The fourth-order valence-electron chi connectivity index (χ4n) is 4.02. The third kappa shape index (κ3) is 9.07. The van der Waals surface area contributed by atoms with E-state index in [4.69, 9.17) is 4.74 Å². The summed E-state index contributed by atoms with van der Waals surface area (Å²) in [5.41, 5.74) is 7.66. The van der Waals surface area contributed by atoms with Gasteiger partial charge in [0.2, 0.25) is 0 Å². The van der Waals surface area contributed by atoms with E-state index in [1.54, 1.807) is 0 Å². The van der Waals surface area contributed by atoms with Gasteiger partial charge in [-0.3, -0.25) is 4.99 Å². The Balaban J connectivity index is 2.44. The van der Waals surface area contributed by atoms with Crippen molar-refractivity contribution in [1.82, 2.24) is 5.32 Å². The van der Waals surface area contributed by atoms with Gasteiger partial charge in [-0.2, -0.15) is 0 Å². The normalized spacial score (nSPS) is 14.6. The zero-order chi connectivity index (χ0) is 26.5. The minimum atomic E-state index is -0.0532. The largest absolute Gasteiger partial charge is 0.392 e. The highest BCUT2D eigenvalue weighted by molar-refractivity contribution is 5.73. The minimum Gasteiger partial charge on any atom is -0.392 e. The second-order valence-corrected chi connectivity index (χ2v) is 9.67. The Labute approximate surface area is 219 Å². The van der Waals surface area contributed by atoms with Crippen molar-refractivity contribution >= 4 is 11.9 Å². The fraction of sp³-hybridized carbons (Fsp3) is 0.469. The fourth-order valence-corrected chi connectivity index (χ4v) is 4.02. The van der Waals surface area contributed by atoms with Gasteiger partial charge in [0.15, 0.2) is 0 Å². The molecule has 3 atom stereocenters. The molecule has 36 heavy (non-hydrogen) atoms. The van der Waals surface area contributed by atoms with Gasteiger partial charge in [0.25, 0.3) is 0 Å². The van der Waals surface area contributed by atoms with E-state index < -0.39 is 0 Å². The molecule has 196 valence electrons. The number of ether oxygens (including phenoxy) is 1. The number of rotatable bonds is 15. The van der Waals surface area contributed by atoms with Crippen LogP contribution in [-0.4, -0.2) is 31.1 Å². The van der Waals surface area contributed by atoms with Crippen LogP contribution in [0.5, 0.6) is 0 Å². The molecule has 4 heteroatoms. The van der Waals surface area contributed by atoms with Crippen molar-refractivity contribution in [2.24, 2.45) is 10.9 Å². The molecule has 0 aliphatic heterocycles. The number of aliphatic hydroxyl groups excluding tert-OH is 1. The third-order valence-corrected chi connectivity index (χ3v) is 6.66. The van der Waals surface area contributed by atoms with E-state index >= 15 is 0 Å². The highest BCUT2D eigenvalue weighted by Crippen LogP contribution is 2.30. The number of benzene rings is 2. The lowest BCUT2D eigenvalue weighted by molar-refractivity contribution is 0.0423. The van der Waals surface area contributed by atoms with Gasteiger partial charge in [0.05, 0.1) is 12.7 Å². The highest BCUT2D eigenvalue weighted by atomic mass is 16.5. The summed E-state index contributed by atoms with van der Waals surface area (Å²) in [4.78, 5) is 4.53. The SMILES string of the molecule is C=C(NCc1cccc(C)c1)c1cc(C(/C=N\CC)/C=C(\CC)CO)ccc1C(C)OCC(C)CC. The first kappa shape index (κ1) is 29.5. The van der Waals surface area contributed by atoms with Crippen LogP contribution < -0.4 is 5.32 Å². The second-order valence-electron chi connectivity index (χ2n) is 9.67. The molecule has 0 fully saturated rings. The van der Waals surface area contributed by atoms with E-state index in [0.717, 1.165) is 54.0 Å². The summed E-state index contributed by atoms with van der Waals surface area (Å²) in [5.74, 6) is 0.504.